The summed E-state index contributed by atoms with van der Waals surface area (Å²) in [4.78, 5) is 14.6. The fraction of sp³-hybridized carbons (Fsp3) is 0.588. The molecule has 0 unspecified atom stereocenters. The molecule has 0 aliphatic carbocycles. The quantitative estimate of drug-likeness (QED) is 0.765. The number of rotatable bonds is 6. The summed E-state index contributed by atoms with van der Waals surface area (Å²) in [5.74, 6) is 0.117. The van der Waals surface area contributed by atoms with Gasteiger partial charge in [-0.1, -0.05) is 25.5 Å². The summed E-state index contributed by atoms with van der Waals surface area (Å²) in [5, 5.41) is 3.16. The van der Waals surface area contributed by atoms with Crippen LogP contribution >= 0.6 is 24.8 Å². The van der Waals surface area contributed by atoms with Crippen LogP contribution in [-0.2, 0) is 11.2 Å². The van der Waals surface area contributed by atoms with Gasteiger partial charge in [0.1, 0.15) is 0 Å². The van der Waals surface area contributed by atoms with Gasteiger partial charge in [0, 0.05) is 24.8 Å². The van der Waals surface area contributed by atoms with Crippen LogP contribution in [0.1, 0.15) is 38.2 Å². The van der Waals surface area contributed by atoms with Crippen molar-refractivity contribution in [2.24, 2.45) is 0 Å². The highest BCUT2D eigenvalue weighted by atomic mass is 35.5. The van der Waals surface area contributed by atoms with E-state index in [0.717, 1.165) is 37.2 Å². The van der Waals surface area contributed by atoms with Crippen molar-refractivity contribution in [1.29, 1.82) is 0 Å². The van der Waals surface area contributed by atoms with E-state index in [4.69, 9.17) is 5.73 Å². The zero-order valence-electron chi connectivity index (χ0n) is 13.8. The Morgan fingerprint density at radius 3 is 2.39 bits per heavy atom. The summed E-state index contributed by atoms with van der Waals surface area (Å²) in [6.45, 7) is 5.63. The lowest BCUT2D eigenvalue weighted by Gasteiger charge is -2.32. The van der Waals surface area contributed by atoms with Crippen LogP contribution in [0, 0.1) is 0 Å². The molecule has 1 heterocycles. The third-order valence-electron chi connectivity index (χ3n) is 4.12. The van der Waals surface area contributed by atoms with E-state index in [-0.39, 0.29) is 30.7 Å². The van der Waals surface area contributed by atoms with E-state index in [1.54, 1.807) is 0 Å². The molecule has 0 saturated carbocycles. The molecule has 1 amide bonds. The summed E-state index contributed by atoms with van der Waals surface area (Å²) in [6, 6.07) is 7.86. The van der Waals surface area contributed by atoms with Crippen LogP contribution in [0.4, 0.5) is 5.69 Å². The molecule has 0 radical (unpaired) electrons. The number of benzene rings is 1. The van der Waals surface area contributed by atoms with Crippen LogP contribution in [-0.4, -0.2) is 36.5 Å². The number of likely N-dealkylation sites (tertiary alicyclic amines) is 1. The van der Waals surface area contributed by atoms with Gasteiger partial charge < -0.3 is 16.0 Å². The minimum Gasteiger partial charge on any atom is -0.399 e. The lowest BCUT2D eigenvalue weighted by molar-refractivity contribution is -0.121. The maximum absolute atomic E-state index is 12.1. The Kier molecular flexibility index (Phi) is 11.1. The van der Waals surface area contributed by atoms with Gasteiger partial charge in [0.2, 0.25) is 5.91 Å². The molecular weight excluding hydrogens is 333 g/mol. The fourth-order valence-electron chi connectivity index (χ4n) is 2.78. The van der Waals surface area contributed by atoms with Crippen LogP contribution < -0.4 is 11.1 Å². The number of hydrogen-bond acceptors (Lipinski definition) is 3. The lowest BCUT2D eigenvalue weighted by atomic mass is 10.0. The monoisotopic (exact) mass is 361 g/mol. The second kappa shape index (κ2) is 11.5. The van der Waals surface area contributed by atoms with Crippen molar-refractivity contribution in [1.82, 2.24) is 10.2 Å². The summed E-state index contributed by atoms with van der Waals surface area (Å²) in [6.07, 6.45) is 5.09. The van der Waals surface area contributed by atoms with Crippen molar-refractivity contribution < 1.29 is 4.79 Å². The Balaban J connectivity index is 0.00000242. The molecule has 1 aromatic carbocycles. The molecule has 0 spiro atoms. The minimum absolute atomic E-state index is 0. The number of nitrogens with one attached hydrogen (secondary N) is 1. The molecule has 0 bridgehead atoms. The third kappa shape index (κ3) is 7.91. The number of unbranched alkanes of at least 4 members (excludes halogenated alkanes) is 1. The second-order valence-electron chi connectivity index (χ2n) is 5.96. The average Bonchev–Trinajstić information content (AvgIpc) is 2.49. The number of carbonyl (C=O) groups excluding carboxylic acids is 1. The number of amides is 1. The normalized spacial score (nSPS) is 15.3. The zero-order valence-corrected chi connectivity index (χ0v) is 15.4. The number of halogens is 2. The van der Waals surface area contributed by atoms with Crippen molar-refractivity contribution in [3.8, 4) is 0 Å². The van der Waals surface area contributed by atoms with Gasteiger partial charge in [-0.2, -0.15) is 0 Å². The molecule has 2 rings (SSSR count). The van der Waals surface area contributed by atoms with Gasteiger partial charge >= 0.3 is 0 Å². The SMILES string of the molecule is CCCCN1CCC(NC(=O)Cc2ccc(N)cc2)CC1.Cl.Cl. The highest BCUT2D eigenvalue weighted by Crippen LogP contribution is 2.12. The van der Waals surface area contributed by atoms with E-state index in [0.29, 0.717) is 12.5 Å². The second-order valence-corrected chi connectivity index (χ2v) is 5.96. The van der Waals surface area contributed by atoms with Gasteiger partial charge in [-0.05, 0) is 43.5 Å². The van der Waals surface area contributed by atoms with E-state index < -0.39 is 0 Å². The summed E-state index contributed by atoms with van der Waals surface area (Å²) >= 11 is 0. The first kappa shape index (κ1) is 22.0. The first-order valence-corrected chi connectivity index (χ1v) is 8.03. The molecule has 23 heavy (non-hydrogen) atoms. The molecule has 132 valence electrons. The Morgan fingerprint density at radius 1 is 1.22 bits per heavy atom. The Hall–Kier alpha value is -0.970. The van der Waals surface area contributed by atoms with Gasteiger partial charge in [-0.3, -0.25) is 4.79 Å². The number of anilines is 1. The molecule has 6 heteroatoms. The predicted octanol–water partition coefficient (Wildman–Crippen LogP) is 3.04. The first-order valence-electron chi connectivity index (χ1n) is 8.03. The van der Waals surface area contributed by atoms with Crippen LogP contribution in [0.3, 0.4) is 0 Å². The molecule has 1 saturated heterocycles. The summed E-state index contributed by atoms with van der Waals surface area (Å²) < 4.78 is 0. The summed E-state index contributed by atoms with van der Waals surface area (Å²) in [5.41, 5.74) is 7.40. The number of nitrogens with two attached hydrogens (primary N) is 1. The largest absolute Gasteiger partial charge is 0.399 e. The lowest BCUT2D eigenvalue weighted by Crippen LogP contribution is -2.45. The Bertz CT molecular complexity index is 446. The standard InChI is InChI=1S/C17H27N3O.2ClH/c1-2-3-10-20-11-8-16(9-12-20)19-17(21)13-14-4-6-15(18)7-5-14;;/h4-7,16H,2-3,8-13,18H2,1H3,(H,19,21);2*1H. The van der Waals surface area contributed by atoms with E-state index in [2.05, 4.69) is 17.1 Å². The molecule has 1 aromatic rings. The Labute approximate surface area is 152 Å². The van der Waals surface area contributed by atoms with Crippen LogP contribution in [0.5, 0.6) is 0 Å². The molecule has 3 N–H and O–H groups in total. The zero-order chi connectivity index (χ0) is 15.1. The highest BCUT2D eigenvalue weighted by Gasteiger charge is 2.20. The number of hydrogen-bond donors (Lipinski definition) is 2. The van der Waals surface area contributed by atoms with Crippen LogP contribution in [0.25, 0.3) is 0 Å². The van der Waals surface area contributed by atoms with Crippen molar-refractivity contribution in [3.05, 3.63) is 29.8 Å². The highest BCUT2D eigenvalue weighted by molar-refractivity contribution is 5.85. The van der Waals surface area contributed by atoms with E-state index in [1.807, 2.05) is 24.3 Å². The third-order valence-corrected chi connectivity index (χ3v) is 4.12. The van der Waals surface area contributed by atoms with E-state index >= 15 is 0 Å². The van der Waals surface area contributed by atoms with Gasteiger partial charge in [-0.15, -0.1) is 24.8 Å². The first-order chi connectivity index (χ1) is 10.2. The molecule has 4 nitrogen and oxygen atoms in total. The van der Waals surface area contributed by atoms with Crippen molar-refractivity contribution in [3.63, 3.8) is 0 Å². The van der Waals surface area contributed by atoms with E-state index in [9.17, 15) is 4.79 Å². The number of nitrogen functional groups attached to an aromatic ring is 1. The van der Waals surface area contributed by atoms with Gasteiger partial charge in [0.25, 0.3) is 0 Å². The molecule has 1 aliphatic heterocycles. The smallest absolute Gasteiger partial charge is 0.224 e. The number of carbonyl (C=O) groups is 1. The maximum atomic E-state index is 12.1. The van der Waals surface area contributed by atoms with Crippen LogP contribution in [0.15, 0.2) is 24.3 Å². The number of nitrogens with zero attached hydrogens (tertiary/aromatic N) is 1. The molecular formula is C17H29Cl2N3O. The Morgan fingerprint density at radius 2 is 1.83 bits per heavy atom. The van der Waals surface area contributed by atoms with Crippen molar-refractivity contribution >= 4 is 36.4 Å². The molecule has 1 aliphatic rings. The predicted molar refractivity (Wildman–Crippen MR) is 102 cm³/mol. The molecule has 0 aromatic heterocycles. The topological polar surface area (TPSA) is 58.4 Å². The van der Waals surface area contributed by atoms with Crippen LogP contribution in [0.2, 0.25) is 0 Å². The molecule has 0 atom stereocenters. The van der Waals surface area contributed by atoms with Crippen molar-refractivity contribution in [2.75, 3.05) is 25.4 Å². The minimum atomic E-state index is 0. The van der Waals surface area contributed by atoms with E-state index in [1.165, 1.54) is 19.4 Å². The van der Waals surface area contributed by atoms with Gasteiger partial charge in [0.15, 0.2) is 0 Å². The van der Waals surface area contributed by atoms with Gasteiger partial charge in [-0.25, -0.2) is 0 Å². The number of piperidine rings is 1. The van der Waals surface area contributed by atoms with Gasteiger partial charge in [0.05, 0.1) is 6.42 Å². The summed E-state index contributed by atoms with van der Waals surface area (Å²) in [7, 11) is 0. The fourth-order valence-corrected chi connectivity index (χ4v) is 2.78. The van der Waals surface area contributed by atoms with Crippen molar-refractivity contribution in [2.45, 2.75) is 45.1 Å². The average molecular weight is 362 g/mol. The maximum Gasteiger partial charge on any atom is 0.224 e. The molecule has 1 fully saturated rings.